The molecular formula is C22H28N4O5S. The smallest absolute Gasteiger partial charge is 0.326 e. The summed E-state index contributed by atoms with van der Waals surface area (Å²) in [7, 11) is 0. The molecule has 1 aliphatic rings. The van der Waals surface area contributed by atoms with Gasteiger partial charge in [0.05, 0.1) is 11.7 Å². The Morgan fingerprint density at radius 2 is 1.94 bits per heavy atom. The van der Waals surface area contributed by atoms with Crippen molar-refractivity contribution in [1.82, 2.24) is 5.32 Å². The van der Waals surface area contributed by atoms with Gasteiger partial charge in [-0.05, 0) is 55.9 Å². The van der Waals surface area contributed by atoms with E-state index in [1.807, 2.05) is 24.3 Å². The van der Waals surface area contributed by atoms with E-state index >= 15 is 0 Å². The Bertz CT molecular complexity index is 984. The minimum atomic E-state index is -0.912. The van der Waals surface area contributed by atoms with Crippen LogP contribution in [0.25, 0.3) is 10.4 Å². The molecule has 1 aromatic heterocycles. The first-order valence-electron chi connectivity index (χ1n) is 10.5. The summed E-state index contributed by atoms with van der Waals surface area (Å²) in [5, 5.41) is 15.9. The zero-order valence-electron chi connectivity index (χ0n) is 17.8. The summed E-state index contributed by atoms with van der Waals surface area (Å²) in [6, 6.07) is 7.44. The van der Waals surface area contributed by atoms with Gasteiger partial charge in [0, 0.05) is 11.4 Å². The van der Waals surface area contributed by atoms with Crippen LogP contribution in [0.2, 0.25) is 0 Å². The number of hydrogen-bond donors (Lipinski definition) is 5. The number of rotatable bonds is 9. The third-order valence-corrected chi connectivity index (χ3v) is 6.39. The average molecular weight is 461 g/mol. The highest BCUT2D eigenvalue weighted by Gasteiger charge is 2.28. The first-order valence-corrected chi connectivity index (χ1v) is 11.3. The maximum Gasteiger partial charge on any atom is 0.326 e. The number of primary amides is 2. The summed E-state index contributed by atoms with van der Waals surface area (Å²) in [6.45, 7) is 1.87. The van der Waals surface area contributed by atoms with Gasteiger partial charge in [-0.3, -0.25) is 20.2 Å². The van der Waals surface area contributed by atoms with Gasteiger partial charge in [-0.25, -0.2) is 4.79 Å². The number of carbonyl (C=O) groups is 3. The van der Waals surface area contributed by atoms with Crippen LogP contribution < -0.4 is 22.1 Å². The molecule has 0 spiro atoms. The molecule has 1 aromatic carbocycles. The van der Waals surface area contributed by atoms with Crippen LogP contribution in [0.5, 0.6) is 0 Å². The standard InChI is InChI=1S/C22H28N4O5S/c1-12(27)18(21(29)31-15-7-2-3-8-15)25-11-13-5-4-6-14(9-13)17-10-16(19(23)28)20(32-17)26-22(24)30/h4-6,9-10,12,15,18,25,27H,2-3,7-8,11H2,1H3,(H2,23,28)(H3,24,26,30)/t12?,18-/m0/s1. The van der Waals surface area contributed by atoms with Crippen molar-refractivity contribution in [2.75, 3.05) is 5.32 Å². The molecule has 0 aliphatic heterocycles. The fourth-order valence-electron chi connectivity index (χ4n) is 3.68. The van der Waals surface area contributed by atoms with Gasteiger partial charge >= 0.3 is 12.0 Å². The molecule has 1 heterocycles. The molecule has 32 heavy (non-hydrogen) atoms. The lowest BCUT2D eigenvalue weighted by Crippen LogP contribution is -2.46. The van der Waals surface area contributed by atoms with Crippen molar-refractivity contribution in [3.05, 3.63) is 41.5 Å². The van der Waals surface area contributed by atoms with Gasteiger partial charge in [-0.15, -0.1) is 11.3 Å². The van der Waals surface area contributed by atoms with Crippen LogP contribution in [0.4, 0.5) is 9.80 Å². The number of benzene rings is 1. The molecule has 10 heteroatoms. The Balaban J connectivity index is 1.72. The van der Waals surface area contributed by atoms with E-state index in [0.717, 1.165) is 41.7 Å². The molecule has 9 nitrogen and oxygen atoms in total. The Kier molecular flexibility index (Phi) is 7.84. The third kappa shape index (κ3) is 6.06. The van der Waals surface area contributed by atoms with E-state index in [-0.39, 0.29) is 16.7 Å². The lowest BCUT2D eigenvalue weighted by Gasteiger charge is -2.22. The molecule has 0 saturated heterocycles. The summed E-state index contributed by atoms with van der Waals surface area (Å²) in [5.74, 6) is -1.12. The quantitative estimate of drug-likeness (QED) is 0.362. The SMILES string of the molecule is CC(O)[C@H](NCc1cccc(-c2cc(C(N)=O)c(NC(N)=O)s2)c1)C(=O)OC1CCCC1. The second-order valence-electron chi connectivity index (χ2n) is 7.85. The minimum absolute atomic E-state index is 0.0737. The molecule has 3 rings (SSSR count). The van der Waals surface area contributed by atoms with Gasteiger partial charge in [0.2, 0.25) is 0 Å². The fourth-order valence-corrected chi connectivity index (χ4v) is 4.74. The number of thiophene rings is 1. The number of aliphatic hydroxyl groups excluding tert-OH is 1. The Morgan fingerprint density at radius 3 is 2.56 bits per heavy atom. The number of urea groups is 1. The van der Waals surface area contributed by atoms with Gasteiger partial charge < -0.3 is 21.3 Å². The molecule has 1 unspecified atom stereocenters. The van der Waals surface area contributed by atoms with Gasteiger partial charge in [-0.2, -0.15) is 0 Å². The van der Waals surface area contributed by atoms with Crippen molar-refractivity contribution in [2.45, 2.75) is 57.4 Å². The van der Waals surface area contributed by atoms with Gasteiger partial charge in [-0.1, -0.05) is 18.2 Å². The minimum Gasteiger partial charge on any atom is -0.461 e. The number of ether oxygens (including phenoxy) is 1. The largest absolute Gasteiger partial charge is 0.461 e. The average Bonchev–Trinajstić information content (AvgIpc) is 3.37. The Morgan fingerprint density at radius 1 is 1.22 bits per heavy atom. The number of hydrogen-bond acceptors (Lipinski definition) is 7. The second-order valence-corrected chi connectivity index (χ2v) is 8.90. The van der Waals surface area contributed by atoms with Crippen molar-refractivity contribution in [3.8, 4) is 10.4 Å². The van der Waals surface area contributed by atoms with Crippen LogP contribution in [0, 0.1) is 0 Å². The summed E-state index contributed by atoms with van der Waals surface area (Å²) >= 11 is 1.18. The molecule has 2 aromatic rings. The van der Waals surface area contributed by atoms with Crippen molar-refractivity contribution >= 4 is 34.2 Å². The normalized spacial score (nSPS) is 15.8. The molecule has 0 bridgehead atoms. The molecule has 1 aliphatic carbocycles. The van der Waals surface area contributed by atoms with Crippen LogP contribution in [-0.4, -0.2) is 41.3 Å². The fraction of sp³-hybridized carbons (Fsp3) is 0.409. The van der Waals surface area contributed by atoms with Crippen LogP contribution in [0.15, 0.2) is 30.3 Å². The monoisotopic (exact) mass is 460 g/mol. The number of amides is 3. The van der Waals surface area contributed by atoms with Crippen molar-refractivity contribution in [3.63, 3.8) is 0 Å². The predicted molar refractivity (Wildman–Crippen MR) is 122 cm³/mol. The maximum atomic E-state index is 12.5. The van der Waals surface area contributed by atoms with Gasteiger partial charge in [0.15, 0.2) is 0 Å². The van der Waals surface area contributed by atoms with E-state index in [1.54, 1.807) is 13.0 Å². The van der Waals surface area contributed by atoms with E-state index in [2.05, 4.69) is 10.6 Å². The first-order chi connectivity index (χ1) is 15.2. The first kappa shape index (κ1) is 23.7. The van der Waals surface area contributed by atoms with E-state index in [9.17, 15) is 19.5 Å². The molecule has 2 atom stereocenters. The van der Waals surface area contributed by atoms with E-state index in [4.69, 9.17) is 16.2 Å². The van der Waals surface area contributed by atoms with E-state index in [0.29, 0.717) is 6.54 Å². The highest BCUT2D eigenvalue weighted by molar-refractivity contribution is 7.20. The van der Waals surface area contributed by atoms with E-state index < -0.39 is 30.1 Å². The lowest BCUT2D eigenvalue weighted by molar-refractivity contribution is -0.154. The molecule has 1 fully saturated rings. The van der Waals surface area contributed by atoms with Gasteiger partial charge in [0.25, 0.3) is 5.91 Å². The van der Waals surface area contributed by atoms with Crippen molar-refractivity contribution in [1.29, 1.82) is 0 Å². The highest BCUT2D eigenvalue weighted by Crippen LogP contribution is 2.35. The molecule has 7 N–H and O–H groups in total. The lowest BCUT2D eigenvalue weighted by atomic mass is 10.1. The third-order valence-electron chi connectivity index (χ3n) is 5.29. The number of esters is 1. The molecule has 3 amide bonds. The van der Waals surface area contributed by atoms with Gasteiger partial charge in [0.1, 0.15) is 17.1 Å². The van der Waals surface area contributed by atoms with Crippen LogP contribution in [-0.2, 0) is 16.1 Å². The topological polar surface area (TPSA) is 157 Å². The molecular weight excluding hydrogens is 432 g/mol. The van der Waals surface area contributed by atoms with Crippen LogP contribution in [0.3, 0.4) is 0 Å². The summed E-state index contributed by atoms with van der Waals surface area (Å²) in [4.78, 5) is 36.1. The number of nitrogens with one attached hydrogen (secondary N) is 2. The number of anilines is 1. The summed E-state index contributed by atoms with van der Waals surface area (Å²) in [5.41, 5.74) is 12.4. The highest BCUT2D eigenvalue weighted by atomic mass is 32.1. The Hall–Kier alpha value is -2.95. The van der Waals surface area contributed by atoms with E-state index in [1.165, 1.54) is 11.3 Å². The summed E-state index contributed by atoms with van der Waals surface area (Å²) in [6.07, 6.45) is 2.84. The van der Waals surface area contributed by atoms with Crippen molar-refractivity contribution < 1.29 is 24.2 Å². The predicted octanol–water partition coefficient (Wildman–Crippen LogP) is 2.33. The van der Waals surface area contributed by atoms with Crippen molar-refractivity contribution in [2.24, 2.45) is 11.5 Å². The number of carbonyl (C=O) groups excluding carboxylic acids is 3. The number of aliphatic hydroxyl groups is 1. The number of nitrogens with two attached hydrogens (primary N) is 2. The zero-order valence-corrected chi connectivity index (χ0v) is 18.6. The van der Waals surface area contributed by atoms with Crippen LogP contribution in [0.1, 0.15) is 48.5 Å². The molecule has 1 saturated carbocycles. The molecule has 172 valence electrons. The second kappa shape index (κ2) is 10.6. The zero-order chi connectivity index (χ0) is 23.3. The summed E-state index contributed by atoms with van der Waals surface area (Å²) < 4.78 is 5.54. The Labute approximate surface area is 190 Å². The van der Waals surface area contributed by atoms with Crippen LogP contribution >= 0.6 is 11.3 Å². The maximum absolute atomic E-state index is 12.5. The molecule has 0 radical (unpaired) electrons.